The van der Waals surface area contributed by atoms with E-state index in [9.17, 15) is 9.59 Å². The van der Waals surface area contributed by atoms with Gasteiger partial charge in [0.05, 0.1) is 91.4 Å². The van der Waals surface area contributed by atoms with Gasteiger partial charge in [-0.2, -0.15) is 0 Å². The van der Waals surface area contributed by atoms with Gasteiger partial charge in [0.25, 0.3) is 23.6 Å². The highest BCUT2D eigenvalue weighted by molar-refractivity contribution is 6.12. The molecule has 8 aromatic carbocycles. The lowest BCUT2D eigenvalue weighted by atomic mass is 10.0. The number of para-hydroxylation sites is 6. The molecule has 15 aromatic rings. The van der Waals surface area contributed by atoms with E-state index in [0.29, 0.717) is 147 Å². The third-order valence-electron chi connectivity index (χ3n) is 19.8. The number of amides is 4. The van der Waals surface area contributed by atoms with E-state index in [1.54, 1.807) is 72.5 Å². The molecule has 2 aliphatic rings. The summed E-state index contributed by atoms with van der Waals surface area (Å²) in [6.07, 6.45) is 26.3. The largest absolute Gasteiger partial charge is 0.497 e. The molecule has 22 heteroatoms. The van der Waals surface area contributed by atoms with Gasteiger partial charge in [-0.05, 0) is 138 Å². The first-order valence-corrected chi connectivity index (χ1v) is 36.1. The van der Waals surface area contributed by atoms with Crippen LogP contribution in [-0.4, -0.2) is 88.9 Å². The quantitative estimate of drug-likeness (QED) is 0.0389. The highest BCUT2D eigenvalue weighted by Gasteiger charge is 2.27. The summed E-state index contributed by atoms with van der Waals surface area (Å²) in [6.45, 7) is 0.670. The number of carbonyl (C=O) groups is 4. The van der Waals surface area contributed by atoms with E-state index >= 15 is 9.59 Å². The monoisotopic (exact) mass is 1480 g/mol. The minimum absolute atomic E-state index is 0.225. The molecule has 4 amide bonds. The van der Waals surface area contributed by atoms with Crippen molar-refractivity contribution in [2.24, 2.45) is 14.1 Å². The fraction of sp³-hybridized carbons (Fsp3) is 0.0549. The van der Waals surface area contributed by atoms with Gasteiger partial charge in [0, 0.05) is 121 Å². The van der Waals surface area contributed by atoms with Crippen LogP contribution < -0.4 is 30.7 Å². The first-order chi connectivity index (χ1) is 55.4. The molecule has 8 bridgehead atoms. The normalized spacial score (nSPS) is 11.5. The van der Waals surface area contributed by atoms with Gasteiger partial charge in [0.1, 0.15) is 35.2 Å². The molecular weight excluding hydrogens is 1410 g/mol. The van der Waals surface area contributed by atoms with E-state index in [1.165, 1.54) is 18.6 Å². The number of benzene rings is 8. The van der Waals surface area contributed by atoms with Gasteiger partial charge in [0.15, 0.2) is 0 Å². The Hall–Kier alpha value is -15.8. The van der Waals surface area contributed by atoms with E-state index in [2.05, 4.69) is 57.1 Å². The van der Waals surface area contributed by atoms with Crippen LogP contribution in [0.4, 0.5) is 22.7 Å². The first kappa shape index (κ1) is 70.2. The summed E-state index contributed by atoms with van der Waals surface area (Å²) in [7, 11) is 5.14. The number of aromatic amines is 2. The highest BCUT2D eigenvalue weighted by atomic mass is 16.5. The van der Waals surface area contributed by atoms with Crippen molar-refractivity contribution in [2.45, 2.75) is 13.2 Å². The molecule has 0 saturated carbocycles. The number of nitrogens with one attached hydrogen (secondary N) is 6. The maximum atomic E-state index is 15.3. The molecule has 6 N–H and O–H groups in total. The summed E-state index contributed by atoms with van der Waals surface area (Å²) >= 11 is 0. The van der Waals surface area contributed by atoms with Crippen LogP contribution in [0.15, 0.2) is 268 Å². The number of hydrogen-bond acceptors (Lipinski definition) is 12. The topological polar surface area (TPSA) is 264 Å². The Kier molecular flexibility index (Phi) is 18.9. The number of carbonyl (C=O) groups excluding carboxylic acids is 4. The summed E-state index contributed by atoms with van der Waals surface area (Å²) in [5.74, 6) is 2.34. The zero-order valence-electron chi connectivity index (χ0n) is 61.1. The zero-order valence-corrected chi connectivity index (χ0v) is 61.1. The second-order valence-electron chi connectivity index (χ2n) is 26.9. The van der Waals surface area contributed by atoms with Crippen molar-refractivity contribution in [1.82, 2.24) is 58.1 Å². The van der Waals surface area contributed by atoms with Crippen LogP contribution in [0.5, 0.6) is 11.5 Å². The number of ether oxygens (including phenoxy) is 2. The van der Waals surface area contributed by atoms with Crippen LogP contribution in [0.1, 0.15) is 81.3 Å². The molecule has 0 saturated heterocycles. The number of imidazole rings is 4. The maximum Gasteiger partial charge on any atom is 0.274 e. The van der Waals surface area contributed by atoms with Crippen molar-refractivity contribution in [2.75, 3.05) is 28.4 Å². The van der Waals surface area contributed by atoms with Gasteiger partial charge < -0.3 is 54.4 Å². The van der Waals surface area contributed by atoms with Crippen LogP contribution in [0.3, 0.4) is 0 Å². The third-order valence-corrected chi connectivity index (χ3v) is 19.8. The van der Waals surface area contributed by atoms with E-state index in [1.807, 2.05) is 241 Å². The third kappa shape index (κ3) is 14.1. The van der Waals surface area contributed by atoms with Crippen molar-refractivity contribution >= 4 is 92.7 Å². The first-order valence-electron chi connectivity index (χ1n) is 36.1. The molecule has 548 valence electrons. The average Bonchev–Trinajstić information content (AvgIpc) is 1.61. The second-order valence-corrected chi connectivity index (χ2v) is 26.9. The molecule has 0 radical (unpaired) electrons. The predicted octanol–water partition coefficient (Wildman–Crippen LogP) is 17.5. The smallest absolute Gasteiger partial charge is 0.274 e. The fourth-order valence-electron chi connectivity index (χ4n) is 14.2. The lowest BCUT2D eigenvalue weighted by Gasteiger charge is -2.16. The Bertz CT molecular complexity index is 6560. The van der Waals surface area contributed by atoms with E-state index < -0.39 is 5.91 Å². The Morgan fingerprint density at radius 3 is 1.36 bits per heavy atom. The second kappa shape index (κ2) is 30.5. The summed E-state index contributed by atoms with van der Waals surface area (Å²) in [4.78, 5) is 95.5. The number of H-pyrrole nitrogens is 2. The molecule has 9 heterocycles. The van der Waals surface area contributed by atoms with Crippen molar-refractivity contribution in [3.8, 4) is 85.3 Å². The molecule has 113 heavy (non-hydrogen) atoms. The minimum atomic E-state index is -0.468. The molecule has 0 unspecified atom stereocenters. The standard InChI is InChI=1S/C91H68N16O6/c1-5-56-29-33-59(34-30-56)79-46-94-54-106(79)50-58-17-16-18-60(45-58)88(108)100-66-23-10-6-19-62(66)84-70-37-39-72(96-70)85(63-20-7-11-24-67(63)101-89(109)80-47-92-52-104(80)2)73-41-42-74(98-73)86(64-21-8-12-25-68(64)102-90(110)81-48-93-53-105(81)3)75-43-44-77(99-75)87(76-40-38-71(84)97-76)65-22-9-13-26-69(65)103-91(111)82-49-95-55-107(82)78-27-14-15-28-83(78)113-51-57-31-35-61(112-4)36-32-57/h1,6-49,52-55,97-98H,50-51H2,2-4H3,(H,100,108)(H,101,109)(H,102,110)(H,103,111). The molecule has 2 aliphatic heterocycles. The minimum Gasteiger partial charge on any atom is -0.497 e. The van der Waals surface area contributed by atoms with Crippen LogP contribution in [0, 0.1) is 12.3 Å². The molecule has 0 atom stereocenters. The summed E-state index contributed by atoms with van der Waals surface area (Å²) < 4.78 is 18.9. The van der Waals surface area contributed by atoms with Gasteiger partial charge in [0.2, 0.25) is 0 Å². The van der Waals surface area contributed by atoms with E-state index in [0.717, 1.165) is 33.7 Å². The van der Waals surface area contributed by atoms with Crippen molar-refractivity contribution in [3.05, 3.63) is 331 Å². The summed E-state index contributed by atoms with van der Waals surface area (Å²) in [5.41, 5.74) is 17.4. The van der Waals surface area contributed by atoms with Gasteiger partial charge in [-0.3, -0.25) is 23.7 Å². The fourth-order valence-corrected chi connectivity index (χ4v) is 14.2. The SMILES string of the molecule is C#Cc1ccc(-c2cncn2Cc2cccc(C(=O)Nc3ccccc3-c3c4nc(c(-c5ccccc5NC(=O)c5cncn5C)c5ccc([nH]5)c(-c5ccccc5NC(=O)c5cncn5C)c5nc(c(-c6ccccc6NC(=O)c6cncn6-c6ccccc6OCc6ccc(OC)cc6)c6ccc3[nH]6)C=C5)C=C4)c2)cc1. The molecule has 22 nitrogen and oxygen atoms in total. The van der Waals surface area contributed by atoms with Gasteiger partial charge in [-0.15, -0.1) is 6.42 Å². The van der Waals surface area contributed by atoms with Crippen molar-refractivity contribution < 1.29 is 28.7 Å². The van der Waals surface area contributed by atoms with Crippen LogP contribution >= 0.6 is 0 Å². The number of aryl methyl sites for hydroxylation is 2. The van der Waals surface area contributed by atoms with Gasteiger partial charge in [-0.1, -0.05) is 127 Å². The van der Waals surface area contributed by atoms with Crippen LogP contribution in [-0.2, 0) is 27.2 Å². The van der Waals surface area contributed by atoms with E-state index in [-0.39, 0.29) is 30.0 Å². The van der Waals surface area contributed by atoms with E-state index in [4.69, 9.17) is 25.9 Å². The highest BCUT2D eigenvalue weighted by Crippen LogP contribution is 2.44. The number of terminal acetylenes is 1. The number of aromatic nitrogens is 12. The van der Waals surface area contributed by atoms with Crippen molar-refractivity contribution in [1.29, 1.82) is 0 Å². The maximum absolute atomic E-state index is 15.3. The van der Waals surface area contributed by atoms with Crippen LogP contribution in [0.25, 0.3) is 108 Å². The average molecular weight is 1480 g/mol. The molecular formula is C91H68N16O6. The van der Waals surface area contributed by atoms with Gasteiger partial charge in [-0.25, -0.2) is 29.9 Å². The number of fused-ring (bicyclic) bond motifs is 8. The number of anilines is 4. The Balaban J connectivity index is 0.853. The Morgan fingerprint density at radius 2 is 0.885 bits per heavy atom. The zero-order chi connectivity index (χ0) is 77.1. The Morgan fingerprint density at radius 1 is 0.442 bits per heavy atom. The molecule has 0 spiro atoms. The van der Waals surface area contributed by atoms with Gasteiger partial charge >= 0.3 is 0 Å². The van der Waals surface area contributed by atoms with Crippen LogP contribution in [0.2, 0.25) is 0 Å². The number of hydrogen-bond donors (Lipinski definition) is 6. The number of nitrogens with zero attached hydrogens (tertiary/aromatic N) is 10. The predicted molar refractivity (Wildman–Crippen MR) is 441 cm³/mol. The lowest BCUT2D eigenvalue weighted by molar-refractivity contribution is 0.101. The molecule has 0 fully saturated rings. The molecule has 7 aromatic heterocycles. The molecule has 17 rings (SSSR count). The Labute approximate surface area is 647 Å². The lowest BCUT2D eigenvalue weighted by Crippen LogP contribution is -2.17. The summed E-state index contributed by atoms with van der Waals surface area (Å²) in [5, 5.41) is 13.0. The van der Waals surface area contributed by atoms with Crippen molar-refractivity contribution in [3.63, 3.8) is 0 Å². The number of rotatable bonds is 20. The molecule has 0 aliphatic carbocycles. The summed E-state index contributed by atoms with van der Waals surface area (Å²) in [6, 6.07) is 68.4. The number of methoxy groups -OCH3 is 1.